The summed E-state index contributed by atoms with van der Waals surface area (Å²) in [6.07, 6.45) is 17.8. The molecule has 24 heavy (non-hydrogen) atoms. The van der Waals surface area contributed by atoms with E-state index < -0.39 is 0 Å². The van der Waals surface area contributed by atoms with Gasteiger partial charge in [-0.1, -0.05) is 83.8 Å². The minimum atomic E-state index is 1.06. The molecule has 0 aromatic rings. The molecule has 0 saturated heterocycles. The number of nitrogens with one attached hydrogen (secondary N) is 1. The lowest BCUT2D eigenvalue weighted by Crippen LogP contribution is -2.37. The molecule has 4 nitrogen and oxygen atoms in total. The van der Waals surface area contributed by atoms with Crippen LogP contribution in [0, 0.1) is 0 Å². The fraction of sp³-hybridized carbons (Fsp3) is 0.900. The SMILES string of the molecule is CCCCCCC1=C(CCCCCC)N(CCCCCC)NN=N1. The predicted molar refractivity (Wildman–Crippen MR) is 103 cm³/mol. The van der Waals surface area contributed by atoms with Gasteiger partial charge in [0.2, 0.25) is 0 Å². The van der Waals surface area contributed by atoms with Gasteiger partial charge in [0.05, 0.1) is 11.4 Å². The summed E-state index contributed by atoms with van der Waals surface area (Å²) in [6, 6.07) is 0. The second-order valence-electron chi connectivity index (χ2n) is 7.03. The third-order valence-corrected chi connectivity index (χ3v) is 4.76. The molecule has 140 valence electrons. The lowest BCUT2D eigenvalue weighted by molar-refractivity contribution is 0.210. The van der Waals surface area contributed by atoms with Gasteiger partial charge in [0.15, 0.2) is 0 Å². The van der Waals surface area contributed by atoms with E-state index in [9.17, 15) is 0 Å². The van der Waals surface area contributed by atoms with Crippen LogP contribution < -0.4 is 5.53 Å². The van der Waals surface area contributed by atoms with Gasteiger partial charge in [-0.25, -0.2) is 0 Å². The van der Waals surface area contributed by atoms with Crippen molar-refractivity contribution in [2.45, 2.75) is 111 Å². The number of unbranched alkanes of at least 4 members (excludes halogenated alkanes) is 9. The molecule has 0 amide bonds. The Hall–Kier alpha value is -1.06. The van der Waals surface area contributed by atoms with E-state index in [2.05, 4.69) is 41.7 Å². The summed E-state index contributed by atoms with van der Waals surface area (Å²) in [6.45, 7) is 7.86. The van der Waals surface area contributed by atoms with E-state index in [1.807, 2.05) is 0 Å². The third-order valence-electron chi connectivity index (χ3n) is 4.76. The molecule has 0 aromatic heterocycles. The van der Waals surface area contributed by atoms with Crippen LogP contribution >= 0.6 is 0 Å². The molecule has 1 aliphatic rings. The number of hydrogen-bond donors (Lipinski definition) is 1. The summed E-state index contributed by atoms with van der Waals surface area (Å²) in [5, 5.41) is 10.9. The van der Waals surface area contributed by atoms with E-state index in [1.54, 1.807) is 0 Å². The molecule has 0 saturated carbocycles. The zero-order valence-corrected chi connectivity index (χ0v) is 16.4. The summed E-state index contributed by atoms with van der Waals surface area (Å²) in [4.78, 5) is 0. The van der Waals surface area contributed by atoms with Crippen molar-refractivity contribution in [2.24, 2.45) is 10.3 Å². The van der Waals surface area contributed by atoms with Gasteiger partial charge in [0.25, 0.3) is 0 Å². The van der Waals surface area contributed by atoms with Gasteiger partial charge >= 0.3 is 0 Å². The smallest absolute Gasteiger partial charge is 0.0858 e. The molecule has 0 radical (unpaired) electrons. The van der Waals surface area contributed by atoms with Crippen molar-refractivity contribution in [3.05, 3.63) is 11.4 Å². The number of hydrazine groups is 1. The topological polar surface area (TPSA) is 40.0 Å². The van der Waals surface area contributed by atoms with Gasteiger partial charge in [-0.2, -0.15) is 5.53 Å². The van der Waals surface area contributed by atoms with Crippen molar-refractivity contribution in [1.29, 1.82) is 0 Å². The second-order valence-corrected chi connectivity index (χ2v) is 7.03. The van der Waals surface area contributed by atoms with Gasteiger partial charge in [-0.3, -0.25) is 5.01 Å². The first-order valence-corrected chi connectivity index (χ1v) is 10.5. The highest BCUT2D eigenvalue weighted by Crippen LogP contribution is 2.25. The monoisotopic (exact) mass is 336 g/mol. The standard InChI is InChI=1S/C20H40N4/c1-4-7-10-13-16-19-20(17-14-11-8-5-2)24(23-22-21-19)18-15-12-9-6-3/h4-18H2,1-3H3,(H,21,23). The second kappa shape index (κ2) is 14.3. The Morgan fingerprint density at radius 2 is 1.29 bits per heavy atom. The lowest BCUT2D eigenvalue weighted by Gasteiger charge is -2.30. The van der Waals surface area contributed by atoms with Gasteiger partial charge in [0.1, 0.15) is 0 Å². The van der Waals surface area contributed by atoms with Crippen LogP contribution in [-0.4, -0.2) is 11.6 Å². The number of rotatable bonds is 15. The van der Waals surface area contributed by atoms with E-state index in [0.717, 1.165) is 19.4 Å². The number of nitrogens with zero attached hydrogens (tertiary/aromatic N) is 3. The van der Waals surface area contributed by atoms with Gasteiger partial charge in [-0.15, -0.1) is 5.11 Å². The largest absolute Gasteiger partial charge is 0.273 e. The zero-order chi connectivity index (χ0) is 17.5. The minimum Gasteiger partial charge on any atom is -0.273 e. The fourth-order valence-corrected chi connectivity index (χ4v) is 3.20. The Labute approximate surface area is 150 Å². The molecule has 0 aromatic carbocycles. The van der Waals surface area contributed by atoms with Crippen LogP contribution in [0.4, 0.5) is 0 Å². The Kier molecular flexibility index (Phi) is 12.5. The summed E-state index contributed by atoms with van der Waals surface area (Å²) in [5.74, 6) is 0. The molecule has 0 spiro atoms. The van der Waals surface area contributed by atoms with Gasteiger partial charge in [-0.05, 0) is 32.1 Å². The maximum Gasteiger partial charge on any atom is 0.0858 e. The van der Waals surface area contributed by atoms with E-state index >= 15 is 0 Å². The molecule has 1 N–H and O–H groups in total. The van der Waals surface area contributed by atoms with Crippen molar-refractivity contribution in [3.63, 3.8) is 0 Å². The van der Waals surface area contributed by atoms with E-state index in [0.29, 0.717) is 0 Å². The molecule has 1 aliphatic heterocycles. The van der Waals surface area contributed by atoms with Crippen LogP contribution in [0.15, 0.2) is 21.7 Å². The Morgan fingerprint density at radius 1 is 0.708 bits per heavy atom. The molecule has 1 heterocycles. The molecular weight excluding hydrogens is 296 g/mol. The van der Waals surface area contributed by atoms with E-state index in [-0.39, 0.29) is 0 Å². The van der Waals surface area contributed by atoms with Crippen LogP contribution in [0.1, 0.15) is 111 Å². The third kappa shape index (κ3) is 8.70. The molecular formula is C20H40N4. The Morgan fingerprint density at radius 3 is 1.92 bits per heavy atom. The van der Waals surface area contributed by atoms with E-state index in [1.165, 1.54) is 88.4 Å². The first kappa shape index (κ1) is 21.0. The summed E-state index contributed by atoms with van der Waals surface area (Å²) < 4.78 is 0. The fourth-order valence-electron chi connectivity index (χ4n) is 3.20. The maximum atomic E-state index is 4.45. The number of hydrogen-bond acceptors (Lipinski definition) is 4. The molecule has 4 heteroatoms. The average molecular weight is 337 g/mol. The van der Waals surface area contributed by atoms with Crippen LogP contribution in [0.25, 0.3) is 0 Å². The summed E-state index contributed by atoms with van der Waals surface area (Å²) in [7, 11) is 0. The molecule has 1 rings (SSSR count). The first-order chi connectivity index (χ1) is 11.8. The minimum absolute atomic E-state index is 1.06. The molecule has 0 fully saturated rings. The van der Waals surface area contributed by atoms with Crippen LogP contribution in [-0.2, 0) is 0 Å². The molecule has 0 aliphatic carbocycles. The lowest BCUT2D eigenvalue weighted by atomic mass is 10.0. The van der Waals surface area contributed by atoms with Gasteiger partial charge in [0, 0.05) is 6.54 Å². The highest BCUT2D eigenvalue weighted by Gasteiger charge is 2.18. The maximum absolute atomic E-state index is 4.45. The number of allylic oxidation sites excluding steroid dienone is 2. The predicted octanol–water partition coefficient (Wildman–Crippen LogP) is 6.91. The molecule has 0 atom stereocenters. The molecule has 0 bridgehead atoms. The Bertz CT molecular complexity index is 363. The first-order valence-electron chi connectivity index (χ1n) is 10.5. The Balaban J connectivity index is 2.58. The zero-order valence-electron chi connectivity index (χ0n) is 16.4. The van der Waals surface area contributed by atoms with Crippen LogP contribution in [0.5, 0.6) is 0 Å². The van der Waals surface area contributed by atoms with Crippen molar-refractivity contribution in [3.8, 4) is 0 Å². The van der Waals surface area contributed by atoms with Gasteiger partial charge < -0.3 is 0 Å². The van der Waals surface area contributed by atoms with Crippen molar-refractivity contribution < 1.29 is 0 Å². The highest BCUT2D eigenvalue weighted by molar-refractivity contribution is 5.12. The molecule has 0 unspecified atom stereocenters. The van der Waals surface area contributed by atoms with Crippen LogP contribution in [0.3, 0.4) is 0 Å². The quantitative estimate of drug-likeness (QED) is 0.330. The van der Waals surface area contributed by atoms with Crippen LogP contribution in [0.2, 0.25) is 0 Å². The summed E-state index contributed by atoms with van der Waals surface area (Å²) >= 11 is 0. The summed E-state index contributed by atoms with van der Waals surface area (Å²) in [5.41, 5.74) is 5.80. The van der Waals surface area contributed by atoms with E-state index in [4.69, 9.17) is 0 Å². The van der Waals surface area contributed by atoms with Crippen molar-refractivity contribution >= 4 is 0 Å². The average Bonchev–Trinajstić information content (AvgIpc) is 2.60. The normalized spacial score (nSPS) is 14.4. The van der Waals surface area contributed by atoms with Crippen molar-refractivity contribution in [2.75, 3.05) is 6.54 Å². The highest BCUT2D eigenvalue weighted by atomic mass is 15.7. The van der Waals surface area contributed by atoms with Crippen molar-refractivity contribution in [1.82, 2.24) is 10.5 Å².